The van der Waals surface area contributed by atoms with Gasteiger partial charge in [-0.2, -0.15) is 0 Å². The fraction of sp³-hybridized carbons (Fsp3) is 0.571. The molecule has 2 heteroatoms. The van der Waals surface area contributed by atoms with Crippen molar-refractivity contribution in [2.45, 2.75) is 33.7 Å². The van der Waals surface area contributed by atoms with E-state index in [1.54, 1.807) is 0 Å². The van der Waals surface area contributed by atoms with Crippen LogP contribution in [0, 0.1) is 25.7 Å². The van der Waals surface area contributed by atoms with Gasteiger partial charge in [-0.05, 0) is 30.9 Å². The molecule has 0 bridgehead atoms. The number of aryl methyl sites for hydroxylation is 2. The van der Waals surface area contributed by atoms with Gasteiger partial charge in [0, 0.05) is 18.6 Å². The first-order chi connectivity index (χ1) is 7.47. The molecule has 1 aromatic rings. The highest BCUT2D eigenvalue weighted by Gasteiger charge is 2.23. The minimum absolute atomic E-state index is 0.0788. The van der Waals surface area contributed by atoms with Gasteiger partial charge in [0.2, 0.25) is 0 Å². The Morgan fingerprint density at radius 3 is 2.38 bits per heavy atom. The van der Waals surface area contributed by atoms with Crippen LogP contribution >= 0.6 is 0 Å². The molecular weight excluding hydrogens is 198 g/mol. The molecule has 0 saturated carbocycles. The van der Waals surface area contributed by atoms with Gasteiger partial charge in [0.1, 0.15) is 0 Å². The summed E-state index contributed by atoms with van der Waals surface area (Å²) in [6.07, 6.45) is 0. The van der Waals surface area contributed by atoms with Crippen LogP contribution in [0.5, 0.6) is 0 Å². The monoisotopic (exact) mass is 221 g/mol. The van der Waals surface area contributed by atoms with Crippen LogP contribution in [0.3, 0.4) is 0 Å². The lowest BCUT2D eigenvalue weighted by atomic mass is 9.84. The Hall–Kier alpha value is -0.860. The van der Waals surface area contributed by atoms with Gasteiger partial charge < -0.3 is 10.8 Å². The van der Waals surface area contributed by atoms with Crippen molar-refractivity contribution in [1.82, 2.24) is 0 Å². The molecule has 2 nitrogen and oxygen atoms in total. The quantitative estimate of drug-likeness (QED) is 0.821. The standard InChI is InChI=1S/C14H23NO/c1-9(2)13(8-16)14(15)12-7-10(3)5-6-11(12)4/h5-7,9,13-14,16H,8,15H2,1-4H3. The molecule has 3 N–H and O–H groups in total. The van der Waals surface area contributed by atoms with E-state index in [0.29, 0.717) is 5.92 Å². The minimum Gasteiger partial charge on any atom is -0.396 e. The molecule has 2 unspecified atom stereocenters. The molecule has 0 saturated heterocycles. The van der Waals surface area contributed by atoms with Crippen LogP contribution in [0.1, 0.15) is 36.6 Å². The summed E-state index contributed by atoms with van der Waals surface area (Å²) in [5, 5.41) is 9.41. The SMILES string of the molecule is Cc1ccc(C)c(C(N)C(CO)C(C)C)c1. The van der Waals surface area contributed by atoms with Crippen LogP contribution in [0.4, 0.5) is 0 Å². The van der Waals surface area contributed by atoms with Crippen LogP contribution in [0.2, 0.25) is 0 Å². The van der Waals surface area contributed by atoms with Gasteiger partial charge in [0.15, 0.2) is 0 Å². The van der Waals surface area contributed by atoms with Gasteiger partial charge in [0.05, 0.1) is 0 Å². The fourth-order valence-electron chi connectivity index (χ4n) is 2.09. The second kappa shape index (κ2) is 5.46. The molecule has 16 heavy (non-hydrogen) atoms. The number of aliphatic hydroxyl groups is 1. The van der Waals surface area contributed by atoms with Crippen LogP contribution in [0.15, 0.2) is 18.2 Å². The summed E-state index contributed by atoms with van der Waals surface area (Å²) >= 11 is 0. The van der Waals surface area contributed by atoms with Crippen LogP contribution < -0.4 is 5.73 Å². The first-order valence-electron chi connectivity index (χ1n) is 5.91. The number of benzene rings is 1. The number of hydrogen-bond donors (Lipinski definition) is 2. The van der Waals surface area contributed by atoms with Crippen molar-refractivity contribution in [2.24, 2.45) is 17.6 Å². The molecule has 0 aliphatic heterocycles. The minimum atomic E-state index is -0.0788. The number of hydrogen-bond acceptors (Lipinski definition) is 2. The molecule has 2 atom stereocenters. The lowest BCUT2D eigenvalue weighted by Gasteiger charge is -2.27. The van der Waals surface area contributed by atoms with Gasteiger partial charge in [-0.3, -0.25) is 0 Å². The summed E-state index contributed by atoms with van der Waals surface area (Å²) in [7, 11) is 0. The lowest BCUT2D eigenvalue weighted by molar-refractivity contribution is 0.165. The molecule has 1 aromatic carbocycles. The molecule has 0 amide bonds. The van der Waals surface area contributed by atoms with E-state index >= 15 is 0 Å². The molecule has 1 rings (SSSR count). The van der Waals surface area contributed by atoms with E-state index in [4.69, 9.17) is 5.73 Å². The van der Waals surface area contributed by atoms with Crippen molar-refractivity contribution in [3.63, 3.8) is 0 Å². The second-order valence-electron chi connectivity index (χ2n) is 4.98. The molecule has 0 aromatic heterocycles. The van der Waals surface area contributed by atoms with Gasteiger partial charge in [-0.25, -0.2) is 0 Å². The zero-order chi connectivity index (χ0) is 12.3. The third-order valence-corrected chi connectivity index (χ3v) is 3.32. The van der Waals surface area contributed by atoms with E-state index in [1.165, 1.54) is 11.1 Å². The van der Waals surface area contributed by atoms with Crippen molar-refractivity contribution in [1.29, 1.82) is 0 Å². The summed E-state index contributed by atoms with van der Waals surface area (Å²) in [6.45, 7) is 8.49. The lowest BCUT2D eigenvalue weighted by Crippen LogP contribution is -2.29. The molecule has 0 radical (unpaired) electrons. The molecule has 0 spiro atoms. The summed E-state index contributed by atoms with van der Waals surface area (Å²) in [6, 6.07) is 6.24. The maximum absolute atomic E-state index is 9.41. The third-order valence-electron chi connectivity index (χ3n) is 3.32. The normalized spacial score (nSPS) is 15.2. The zero-order valence-electron chi connectivity index (χ0n) is 10.7. The van der Waals surface area contributed by atoms with Gasteiger partial charge in [-0.1, -0.05) is 37.6 Å². The van der Waals surface area contributed by atoms with E-state index in [0.717, 1.165) is 5.56 Å². The molecule has 0 fully saturated rings. The van der Waals surface area contributed by atoms with Crippen molar-refractivity contribution < 1.29 is 5.11 Å². The highest BCUT2D eigenvalue weighted by molar-refractivity contribution is 5.33. The topological polar surface area (TPSA) is 46.2 Å². The van der Waals surface area contributed by atoms with Gasteiger partial charge >= 0.3 is 0 Å². The van der Waals surface area contributed by atoms with Gasteiger partial charge in [0.25, 0.3) is 0 Å². The first kappa shape index (κ1) is 13.2. The van der Waals surface area contributed by atoms with Crippen molar-refractivity contribution in [3.05, 3.63) is 34.9 Å². The van der Waals surface area contributed by atoms with Crippen molar-refractivity contribution in [2.75, 3.05) is 6.61 Å². The molecule has 0 heterocycles. The largest absolute Gasteiger partial charge is 0.396 e. The Kier molecular flexibility index (Phi) is 4.51. The van der Waals surface area contributed by atoms with E-state index in [1.807, 2.05) is 0 Å². The average Bonchev–Trinajstić information content (AvgIpc) is 2.22. The maximum atomic E-state index is 9.41. The van der Waals surface area contributed by atoms with Crippen LogP contribution in [-0.4, -0.2) is 11.7 Å². The van der Waals surface area contributed by atoms with Crippen LogP contribution in [0.25, 0.3) is 0 Å². The Morgan fingerprint density at radius 1 is 1.25 bits per heavy atom. The summed E-state index contributed by atoms with van der Waals surface area (Å²) in [5.74, 6) is 0.514. The number of aliphatic hydroxyl groups excluding tert-OH is 1. The predicted molar refractivity (Wildman–Crippen MR) is 68.3 cm³/mol. The fourth-order valence-corrected chi connectivity index (χ4v) is 2.09. The zero-order valence-corrected chi connectivity index (χ0v) is 10.7. The highest BCUT2D eigenvalue weighted by Crippen LogP contribution is 2.28. The van der Waals surface area contributed by atoms with Crippen LogP contribution in [-0.2, 0) is 0 Å². The average molecular weight is 221 g/mol. The Balaban J connectivity index is 3.02. The highest BCUT2D eigenvalue weighted by atomic mass is 16.3. The smallest absolute Gasteiger partial charge is 0.0479 e. The predicted octanol–water partition coefficient (Wildman–Crippen LogP) is 2.57. The third kappa shape index (κ3) is 2.83. The molecule has 0 aliphatic carbocycles. The van der Waals surface area contributed by atoms with Crippen molar-refractivity contribution >= 4 is 0 Å². The molecule has 0 aliphatic rings. The van der Waals surface area contributed by atoms with E-state index in [-0.39, 0.29) is 18.6 Å². The summed E-state index contributed by atoms with van der Waals surface area (Å²) in [5.41, 5.74) is 9.85. The molecule has 90 valence electrons. The number of nitrogens with two attached hydrogens (primary N) is 1. The molecular formula is C14H23NO. The van der Waals surface area contributed by atoms with E-state index in [2.05, 4.69) is 45.9 Å². The summed E-state index contributed by atoms with van der Waals surface area (Å²) in [4.78, 5) is 0. The number of rotatable bonds is 4. The first-order valence-corrected chi connectivity index (χ1v) is 5.91. The Morgan fingerprint density at radius 2 is 1.88 bits per heavy atom. The maximum Gasteiger partial charge on any atom is 0.0479 e. The van der Waals surface area contributed by atoms with Gasteiger partial charge in [-0.15, -0.1) is 0 Å². The van der Waals surface area contributed by atoms with E-state index < -0.39 is 0 Å². The second-order valence-corrected chi connectivity index (χ2v) is 4.98. The Bertz CT molecular complexity index is 347. The summed E-state index contributed by atoms with van der Waals surface area (Å²) < 4.78 is 0. The van der Waals surface area contributed by atoms with Crippen molar-refractivity contribution in [3.8, 4) is 0 Å². The van der Waals surface area contributed by atoms with E-state index in [9.17, 15) is 5.11 Å². The Labute approximate surface area is 98.5 Å².